The number of aryl methyl sites for hydroxylation is 1. The topological polar surface area (TPSA) is 101 Å². The minimum absolute atomic E-state index is 0.0994. The summed E-state index contributed by atoms with van der Waals surface area (Å²) < 4.78 is 30.7. The van der Waals surface area contributed by atoms with Crippen molar-refractivity contribution >= 4 is 22.0 Å². The molecule has 1 aromatic carbocycles. The van der Waals surface area contributed by atoms with Gasteiger partial charge >= 0.3 is 11.9 Å². The highest BCUT2D eigenvalue weighted by molar-refractivity contribution is 7.89. The van der Waals surface area contributed by atoms with E-state index in [2.05, 4.69) is 0 Å². The van der Waals surface area contributed by atoms with Gasteiger partial charge in [-0.1, -0.05) is 6.07 Å². The van der Waals surface area contributed by atoms with E-state index < -0.39 is 28.0 Å². The molecule has 0 aliphatic rings. The number of likely N-dealkylation sites (N-methyl/N-ethyl adjacent to an activating group) is 1. The Bertz CT molecular complexity index is 683. The van der Waals surface area contributed by atoms with E-state index in [0.717, 1.165) is 4.31 Å². The summed E-state index contributed by atoms with van der Waals surface area (Å²) in [7, 11) is -2.86. The third-order valence-electron chi connectivity index (χ3n) is 3.26. The summed E-state index contributed by atoms with van der Waals surface area (Å²) in [6.45, 7) is 4.66. The Morgan fingerprint density at radius 1 is 1.36 bits per heavy atom. The Kier molecular flexibility index (Phi) is 5.67. The highest BCUT2D eigenvalue weighted by Crippen LogP contribution is 2.22. The number of carbonyl (C=O) groups excluding carboxylic acids is 1. The SMILES string of the molecule is CCOC(=O)c1ccc(C)c(S(=O)(=O)N(C)C(C)C(=O)O)c1. The molecule has 1 aromatic rings. The van der Waals surface area contributed by atoms with Crippen LogP contribution in [0.5, 0.6) is 0 Å². The number of benzene rings is 1. The Morgan fingerprint density at radius 2 is 1.95 bits per heavy atom. The monoisotopic (exact) mass is 329 g/mol. The molecule has 0 spiro atoms. The maximum absolute atomic E-state index is 12.5. The van der Waals surface area contributed by atoms with Gasteiger partial charge in [0.25, 0.3) is 0 Å². The van der Waals surface area contributed by atoms with Crippen molar-refractivity contribution in [1.29, 1.82) is 0 Å². The van der Waals surface area contributed by atoms with E-state index in [4.69, 9.17) is 9.84 Å². The zero-order valence-corrected chi connectivity index (χ0v) is 13.7. The molecule has 0 amide bonds. The predicted molar refractivity (Wildman–Crippen MR) is 79.2 cm³/mol. The summed E-state index contributed by atoms with van der Waals surface area (Å²) in [5.41, 5.74) is 0.514. The molecule has 0 saturated carbocycles. The molecule has 8 heteroatoms. The number of nitrogens with zero attached hydrogens (tertiary/aromatic N) is 1. The first-order valence-corrected chi connectivity index (χ1v) is 8.05. The predicted octanol–water partition coefficient (Wildman–Crippen LogP) is 1.27. The third-order valence-corrected chi connectivity index (χ3v) is 5.33. The highest BCUT2D eigenvalue weighted by Gasteiger charge is 2.31. The molecule has 1 rings (SSSR count). The zero-order valence-electron chi connectivity index (χ0n) is 12.9. The Hall–Kier alpha value is -1.93. The van der Waals surface area contributed by atoms with Crippen LogP contribution in [0.1, 0.15) is 29.8 Å². The van der Waals surface area contributed by atoms with Gasteiger partial charge in [-0.2, -0.15) is 4.31 Å². The lowest BCUT2D eigenvalue weighted by Gasteiger charge is -2.22. The molecule has 122 valence electrons. The van der Waals surface area contributed by atoms with Crippen LogP contribution in [-0.4, -0.2) is 49.5 Å². The smallest absolute Gasteiger partial charge is 0.338 e. The van der Waals surface area contributed by atoms with Crippen LogP contribution in [0.25, 0.3) is 0 Å². The lowest BCUT2D eigenvalue weighted by Crippen LogP contribution is -2.40. The van der Waals surface area contributed by atoms with E-state index in [-0.39, 0.29) is 17.1 Å². The second-order valence-electron chi connectivity index (χ2n) is 4.74. The van der Waals surface area contributed by atoms with Gasteiger partial charge in [-0.3, -0.25) is 4.79 Å². The minimum atomic E-state index is -4.04. The van der Waals surface area contributed by atoms with Crippen LogP contribution in [-0.2, 0) is 19.6 Å². The Labute approximate surface area is 129 Å². The fourth-order valence-corrected chi connectivity index (χ4v) is 3.31. The third kappa shape index (κ3) is 3.63. The van der Waals surface area contributed by atoms with E-state index in [0.29, 0.717) is 5.56 Å². The van der Waals surface area contributed by atoms with Gasteiger partial charge in [0.1, 0.15) is 6.04 Å². The number of sulfonamides is 1. The molecule has 0 fully saturated rings. The van der Waals surface area contributed by atoms with E-state index in [1.54, 1.807) is 13.8 Å². The quantitative estimate of drug-likeness (QED) is 0.789. The molecule has 0 radical (unpaired) electrons. The van der Waals surface area contributed by atoms with Gasteiger partial charge in [-0.25, -0.2) is 13.2 Å². The van der Waals surface area contributed by atoms with Gasteiger partial charge in [0, 0.05) is 7.05 Å². The molecule has 1 atom stereocenters. The second-order valence-corrected chi connectivity index (χ2v) is 6.70. The molecule has 1 N–H and O–H groups in total. The summed E-state index contributed by atoms with van der Waals surface area (Å²) in [4.78, 5) is 22.6. The molecule has 1 unspecified atom stereocenters. The standard InChI is InChI=1S/C14H19NO6S/c1-5-21-14(18)11-7-6-9(2)12(8-11)22(19,20)15(4)10(3)13(16)17/h6-8,10H,5H2,1-4H3,(H,16,17). The molecular formula is C14H19NO6S. The largest absolute Gasteiger partial charge is 0.480 e. The van der Waals surface area contributed by atoms with E-state index in [9.17, 15) is 18.0 Å². The van der Waals surface area contributed by atoms with Crippen LogP contribution in [0.4, 0.5) is 0 Å². The lowest BCUT2D eigenvalue weighted by atomic mass is 10.1. The number of carboxylic acids is 1. The van der Waals surface area contributed by atoms with Crippen LogP contribution in [0, 0.1) is 6.92 Å². The fourth-order valence-electron chi connectivity index (χ4n) is 1.74. The van der Waals surface area contributed by atoms with Gasteiger partial charge in [0.15, 0.2) is 0 Å². The van der Waals surface area contributed by atoms with Crippen LogP contribution in [0.15, 0.2) is 23.1 Å². The van der Waals surface area contributed by atoms with Crippen molar-refractivity contribution in [1.82, 2.24) is 4.31 Å². The molecule has 22 heavy (non-hydrogen) atoms. The van der Waals surface area contributed by atoms with Crippen molar-refractivity contribution in [2.45, 2.75) is 31.7 Å². The van der Waals surface area contributed by atoms with E-state index >= 15 is 0 Å². The lowest BCUT2D eigenvalue weighted by molar-refractivity contribution is -0.140. The van der Waals surface area contributed by atoms with Crippen LogP contribution >= 0.6 is 0 Å². The molecule has 0 saturated heterocycles. The van der Waals surface area contributed by atoms with Gasteiger partial charge in [-0.15, -0.1) is 0 Å². The number of ether oxygens (including phenoxy) is 1. The van der Waals surface area contributed by atoms with E-state index in [1.807, 2.05) is 0 Å². The number of aliphatic carboxylic acids is 1. The van der Waals surface area contributed by atoms with Crippen LogP contribution < -0.4 is 0 Å². The molecule has 0 aliphatic heterocycles. The van der Waals surface area contributed by atoms with Crippen molar-refractivity contribution in [3.8, 4) is 0 Å². The van der Waals surface area contributed by atoms with Gasteiger partial charge in [0.05, 0.1) is 17.1 Å². The number of carbonyl (C=O) groups is 2. The number of rotatable bonds is 6. The molecule has 0 bridgehead atoms. The fraction of sp³-hybridized carbons (Fsp3) is 0.429. The second kappa shape index (κ2) is 6.89. The van der Waals surface area contributed by atoms with Crippen molar-refractivity contribution < 1.29 is 27.9 Å². The zero-order chi connectivity index (χ0) is 17.1. The summed E-state index contributed by atoms with van der Waals surface area (Å²) in [6.07, 6.45) is 0. The molecular weight excluding hydrogens is 310 g/mol. The molecule has 0 aliphatic carbocycles. The van der Waals surface area contributed by atoms with Crippen molar-refractivity contribution in [3.63, 3.8) is 0 Å². The average Bonchev–Trinajstić information content (AvgIpc) is 2.45. The average molecular weight is 329 g/mol. The van der Waals surface area contributed by atoms with Gasteiger partial charge in [0.2, 0.25) is 10.0 Å². The first-order chi connectivity index (χ1) is 10.1. The number of hydrogen-bond donors (Lipinski definition) is 1. The van der Waals surface area contributed by atoms with Gasteiger partial charge in [-0.05, 0) is 38.5 Å². The normalized spacial score (nSPS) is 13.0. The van der Waals surface area contributed by atoms with Crippen molar-refractivity contribution in [2.75, 3.05) is 13.7 Å². The maximum Gasteiger partial charge on any atom is 0.338 e. The summed E-state index contributed by atoms with van der Waals surface area (Å²) in [6, 6.07) is 2.93. The summed E-state index contributed by atoms with van der Waals surface area (Å²) in [5.74, 6) is -1.89. The van der Waals surface area contributed by atoms with Crippen LogP contribution in [0.3, 0.4) is 0 Å². The Balaban J connectivity index is 3.32. The molecule has 7 nitrogen and oxygen atoms in total. The Morgan fingerprint density at radius 3 is 2.45 bits per heavy atom. The maximum atomic E-state index is 12.5. The van der Waals surface area contributed by atoms with Crippen molar-refractivity contribution in [3.05, 3.63) is 29.3 Å². The molecule has 0 aromatic heterocycles. The van der Waals surface area contributed by atoms with E-state index in [1.165, 1.54) is 32.2 Å². The number of carboxylic acid groups (broad SMARTS) is 1. The summed E-state index contributed by atoms with van der Waals surface area (Å²) in [5, 5.41) is 8.96. The minimum Gasteiger partial charge on any atom is -0.480 e. The van der Waals surface area contributed by atoms with Gasteiger partial charge < -0.3 is 9.84 Å². The summed E-state index contributed by atoms with van der Waals surface area (Å²) >= 11 is 0. The van der Waals surface area contributed by atoms with Crippen molar-refractivity contribution in [2.24, 2.45) is 0 Å². The number of esters is 1. The first-order valence-electron chi connectivity index (χ1n) is 6.61. The van der Waals surface area contributed by atoms with Crippen LogP contribution in [0.2, 0.25) is 0 Å². The molecule has 0 heterocycles. The number of hydrogen-bond acceptors (Lipinski definition) is 5. The first kappa shape index (κ1) is 18.1. The highest BCUT2D eigenvalue weighted by atomic mass is 32.2.